The minimum atomic E-state index is 0. The quantitative estimate of drug-likeness (QED) is 0.717. The highest BCUT2D eigenvalue weighted by Gasteiger charge is 2.32. The van der Waals surface area contributed by atoms with Crippen molar-refractivity contribution in [1.82, 2.24) is 9.80 Å². The van der Waals surface area contributed by atoms with Gasteiger partial charge in [0.05, 0.1) is 21.3 Å². The second kappa shape index (κ2) is 11.7. The van der Waals surface area contributed by atoms with Gasteiger partial charge >= 0.3 is 0 Å². The summed E-state index contributed by atoms with van der Waals surface area (Å²) in [6.07, 6.45) is 2.74. The summed E-state index contributed by atoms with van der Waals surface area (Å²) in [6, 6.07) is 4.16. The SMILES string of the molecule is COc1cc(CN2CCN(C(=O)C3CCC(N)C3)CC2)cc(OC)c1OC.Cl.Cl. The van der Waals surface area contributed by atoms with Crippen LogP contribution in [0, 0.1) is 5.92 Å². The molecule has 1 aromatic carbocycles. The summed E-state index contributed by atoms with van der Waals surface area (Å²) in [5.41, 5.74) is 7.06. The molecule has 2 unspecified atom stereocenters. The summed E-state index contributed by atoms with van der Waals surface area (Å²) in [6.45, 7) is 4.05. The predicted octanol–water partition coefficient (Wildman–Crippen LogP) is 2.33. The first-order valence-electron chi connectivity index (χ1n) is 9.61. The number of halogens is 2. The molecule has 1 saturated heterocycles. The molecule has 2 N–H and O–H groups in total. The van der Waals surface area contributed by atoms with Gasteiger partial charge in [-0.2, -0.15) is 0 Å². The van der Waals surface area contributed by atoms with Crippen LogP contribution in [-0.2, 0) is 11.3 Å². The van der Waals surface area contributed by atoms with Crippen molar-refractivity contribution in [1.29, 1.82) is 0 Å². The third kappa shape index (κ3) is 6.04. The molecule has 2 atom stereocenters. The summed E-state index contributed by atoms with van der Waals surface area (Å²) in [5, 5.41) is 0. The van der Waals surface area contributed by atoms with Crippen molar-refractivity contribution in [2.45, 2.75) is 31.8 Å². The van der Waals surface area contributed by atoms with Gasteiger partial charge in [0.1, 0.15) is 0 Å². The van der Waals surface area contributed by atoms with Gasteiger partial charge < -0.3 is 24.8 Å². The van der Waals surface area contributed by atoms with Crippen molar-refractivity contribution >= 4 is 30.7 Å². The molecule has 2 fully saturated rings. The lowest BCUT2D eigenvalue weighted by molar-refractivity contribution is -0.137. The summed E-state index contributed by atoms with van der Waals surface area (Å²) >= 11 is 0. The summed E-state index contributed by atoms with van der Waals surface area (Å²) < 4.78 is 16.3. The maximum atomic E-state index is 12.7. The number of carbonyl (C=O) groups excluding carboxylic acids is 1. The number of piperazine rings is 1. The second-order valence-electron chi connectivity index (χ2n) is 7.41. The molecule has 0 spiro atoms. The van der Waals surface area contributed by atoms with Crippen molar-refractivity contribution in [2.75, 3.05) is 47.5 Å². The molecule has 7 nitrogen and oxygen atoms in total. The molecule has 2 aliphatic rings. The van der Waals surface area contributed by atoms with E-state index in [-0.39, 0.29) is 42.7 Å². The lowest BCUT2D eigenvalue weighted by Gasteiger charge is -2.36. The fraction of sp³-hybridized carbons (Fsp3) is 0.650. The van der Waals surface area contributed by atoms with Gasteiger partial charge in [-0.1, -0.05) is 0 Å². The van der Waals surface area contributed by atoms with E-state index in [1.165, 1.54) is 0 Å². The maximum Gasteiger partial charge on any atom is 0.225 e. The third-order valence-corrected chi connectivity index (χ3v) is 5.64. The average Bonchev–Trinajstić information content (AvgIpc) is 3.13. The second-order valence-corrected chi connectivity index (χ2v) is 7.41. The van der Waals surface area contributed by atoms with Gasteiger partial charge in [0.15, 0.2) is 11.5 Å². The molecule has 1 aromatic rings. The Morgan fingerprint density at radius 1 is 1.00 bits per heavy atom. The summed E-state index contributed by atoms with van der Waals surface area (Å²) in [5.74, 6) is 2.35. The average molecular weight is 450 g/mol. The number of amides is 1. The molecule has 29 heavy (non-hydrogen) atoms. The molecule has 0 aromatic heterocycles. The Morgan fingerprint density at radius 2 is 1.59 bits per heavy atom. The fourth-order valence-electron chi connectivity index (χ4n) is 4.11. The number of benzene rings is 1. The maximum absolute atomic E-state index is 12.7. The Bertz CT molecular complexity index is 644. The van der Waals surface area contributed by atoms with Crippen LogP contribution in [0.2, 0.25) is 0 Å². The van der Waals surface area contributed by atoms with Crippen LogP contribution in [0.4, 0.5) is 0 Å². The number of hydrogen-bond donors (Lipinski definition) is 1. The zero-order chi connectivity index (χ0) is 19.4. The molecule has 1 amide bonds. The van der Waals surface area contributed by atoms with Crippen LogP contribution in [0.1, 0.15) is 24.8 Å². The zero-order valence-corrected chi connectivity index (χ0v) is 19.0. The zero-order valence-electron chi connectivity index (χ0n) is 17.4. The van der Waals surface area contributed by atoms with Crippen LogP contribution >= 0.6 is 24.8 Å². The lowest BCUT2D eigenvalue weighted by Crippen LogP contribution is -2.49. The molecule has 0 bridgehead atoms. The van der Waals surface area contributed by atoms with Crippen molar-refractivity contribution < 1.29 is 19.0 Å². The topological polar surface area (TPSA) is 77.3 Å². The Morgan fingerprint density at radius 3 is 2.03 bits per heavy atom. The normalized spacial score (nSPS) is 21.7. The Hall–Kier alpha value is -1.41. The van der Waals surface area contributed by atoms with E-state index in [4.69, 9.17) is 19.9 Å². The van der Waals surface area contributed by atoms with Gasteiger partial charge in [0.2, 0.25) is 11.7 Å². The van der Waals surface area contributed by atoms with Crippen LogP contribution in [0.15, 0.2) is 12.1 Å². The first kappa shape index (κ1) is 25.6. The van der Waals surface area contributed by atoms with Crippen molar-refractivity contribution in [3.05, 3.63) is 17.7 Å². The first-order valence-corrected chi connectivity index (χ1v) is 9.61. The van der Waals surface area contributed by atoms with Gasteiger partial charge in [-0.15, -0.1) is 24.8 Å². The smallest absolute Gasteiger partial charge is 0.225 e. The number of carbonyl (C=O) groups is 1. The van der Waals surface area contributed by atoms with Gasteiger partial charge in [-0.25, -0.2) is 0 Å². The highest BCUT2D eigenvalue weighted by Crippen LogP contribution is 2.38. The molecule has 3 rings (SSSR count). The first-order chi connectivity index (χ1) is 13.0. The molecule has 0 radical (unpaired) electrons. The van der Waals surface area contributed by atoms with Crippen LogP contribution in [0.25, 0.3) is 0 Å². The monoisotopic (exact) mass is 449 g/mol. The Labute approximate surface area is 185 Å². The Kier molecular flexibility index (Phi) is 10.3. The molecular formula is C20H33Cl2N3O4. The highest BCUT2D eigenvalue weighted by atomic mass is 35.5. The van der Waals surface area contributed by atoms with Crippen molar-refractivity contribution in [3.63, 3.8) is 0 Å². The molecule has 1 heterocycles. The molecule has 1 aliphatic heterocycles. The van der Waals surface area contributed by atoms with Crippen LogP contribution in [-0.4, -0.2) is 69.3 Å². The number of nitrogens with zero attached hydrogens (tertiary/aromatic N) is 2. The van der Waals surface area contributed by atoms with Gasteiger partial charge in [-0.05, 0) is 37.0 Å². The van der Waals surface area contributed by atoms with Gasteiger partial charge in [0.25, 0.3) is 0 Å². The van der Waals surface area contributed by atoms with Crippen molar-refractivity contribution in [2.24, 2.45) is 11.7 Å². The van der Waals surface area contributed by atoms with Crippen LogP contribution in [0.3, 0.4) is 0 Å². The number of hydrogen-bond acceptors (Lipinski definition) is 6. The third-order valence-electron chi connectivity index (χ3n) is 5.64. The lowest BCUT2D eigenvalue weighted by atomic mass is 10.1. The van der Waals surface area contributed by atoms with Crippen LogP contribution in [0.5, 0.6) is 17.2 Å². The van der Waals surface area contributed by atoms with Crippen LogP contribution < -0.4 is 19.9 Å². The minimum Gasteiger partial charge on any atom is -0.493 e. The van der Waals surface area contributed by atoms with E-state index in [1.807, 2.05) is 17.0 Å². The molecule has 1 aliphatic carbocycles. The van der Waals surface area contributed by atoms with E-state index in [0.717, 1.165) is 57.5 Å². The minimum absolute atomic E-state index is 0. The largest absolute Gasteiger partial charge is 0.493 e. The van der Waals surface area contributed by atoms with E-state index in [1.54, 1.807) is 21.3 Å². The number of nitrogens with two attached hydrogens (primary N) is 1. The van der Waals surface area contributed by atoms with Gasteiger partial charge in [0, 0.05) is 44.7 Å². The number of rotatable bonds is 6. The molecular weight excluding hydrogens is 417 g/mol. The summed E-state index contributed by atoms with van der Waals surface area (Å²) in [4.78, 5) is 17.0. The van der Waals surface area contributed by atoms with Gasteiger partial charge in [-0.3, -0.25) is 9.69 Å². The highest BCUT2D eigenvalue weighted by molar-refractivity contribution is 5.85. The standard InChI is InChI=1S/C20H31N3O4.2ClH/c1-25-17-10-14(11-18(26-2)19(17)27-3)13-22-6-8-23(9-7-22)20(24)15-4-5-16(21)12-15;;/h10-11,15-16H,4-9,12-13,21H2,1-3H3;2*1H. The van der Waals surface area contributed by atoms with E-state index < -0.39 is 0 Å². The van der Waals surface area contributed by atoms with Crippen molar-refractivity contribution in [3.8, 4) is 17.2 Å². The fourth-order valence-corrected chi connectivity index (χ4v) is 4.11. The molecule has 1 saturated carbocycles. The summed E-state index contributed by atoms with van der Waals surface area (Å²) in [7, 11) is 4.86. The number of methoxy groups -OCH3 is 3. The Balaban J connectivity index is 0.00000210. The molecule has 9 heteroatoms. The van der Waals surface area contributed by atoms with E-state index in [0.29, 0.717) is 17.2 Å². The van der Waals surface area contributed by atoms with E-state index in [9.17, 15) is 4.79 Å². The molecule has 166 valence electrons. The van der Waals surface area contributed by atoms with E-state index in [2.05, 4.69) is 4.90 Å². The number of ether oxygens (including phenoxy) is 3. The van der Waals surface area contributed by atoms with E-state index >= 15 is 0 Å². The predicted molar refractivity (Wildman–Crippen MR) is 118 cm³/mol.